The van der Waals surface area contributed by atoms with Crippen LogP contribution in [-0.4, -0.2) is 12.0 Å². The first kappa shape index (κ1) is 13.1. The Bertz CT molecular complexity index is 556. The molecule has 1 aromatic heterocycles. The van der Waals surface area contributed by atoms with E-state index in [4.69, 9.17) is 0 Å². The third kappa shape index (κ3) is 2.41. The van der Waals surface area contributed by atoms with Gasteiger partial charge in [-0.15, -0.1) is 0 Å². The summed E-state index contributed by atoms with van der Waals surface area (Å²) in [4.78, 5) is 4.67. The molecule has 0 spiro atoms. The molecule has 1 heterocycles. The molecule has 0 saturated heterocycles. The van der Waals surface area contributed by atoms with Crippen LogP contribution in [0, 0.1) is 13.8 Å². The van der Waals surface area contributed by atoms with Crippen LogP contribution in [0.2, 0.25) is 0 Å². The first-order valence-electron chi connectivity index (χ1n) is 6.29. The molecule has 1 aromatic carbocycles. The van der Waals surface area contributed by atoms with Crippen LogP contribution >= 0.6 is 11.3 Å². The Kier molecular flexibility index (Phi) is 3.71. The molecular formula is C15H20N2S. The maximum Gasteiger partial charge on any atom is 0.125 e. The average Bonchev–Trinajstić information content (AvgIpc) is 2.70. The second-order valence-electron chi connectivity index (χ2n) is 4.91. The van der Waals surface area contributed by atoms with Gasteiger partial charge < -0.3 is 5.32 Å². The summed E-state index contributed by atoms with van der Waals surface area (Å²) in [6, 6.07) is 6.68. The van der Waals surface area contributed by atoms with Gasteiger partial charge >= 0.3 is 0 Å². The van der Waals surface area contributed by atoms with E-state index in [-0.39, 0.29) is 0 Å². The summed E-state index contributed by atoms with van der Waals surface area (Å²) in [6.45, 7) is 8.64. The zero-order chi connectivity index (χ0) is 13.3. The van der Waals surface area contributed by atoms with Crippen molar-refractivity contribution in [2.45, 2.75) is 33.6 Å². The van der Waals surface area contributed by atoms with Gasteiger partial charge in [0.2, 0.25) is 0 Å². The van der Waals surface area contributed by atoms with E-state index in [1.165, 1.54) is 16.7 Å². The van der Waals surface area contributed by atoms with Crippen LogP contribution in [0.1, 0.15) is 36.6 Å². The first-order chi connectivity index (χ1) is 8.52. The van der Waals surface area contributed by atoms with Crippen molar-refractivity contribution in [3.63, 3.8) is 0 Å². The Labute approximate surface area is 113 Å². The van der Waals surface area contributed by atoms with Crippen LogP contribution in [0.25, 0.3) is 10.6 Å². The zero-order valence-corrected chi connectivity index (χ0v) is 12.5. The van der Waals surface area contributed by atoms with E-state index in [1.807, 2.05) is 14.0 Å². The summed E-state index contributed by atoms with van der Waals surface area (Å²) >= 11 is 1.72. The molecule has 2 rings (SSSR count). The number of thiazole rings is 1. The lowest BCUT2D eigenvalue weighted by Crippen LogP contribution is -1.90. The number of anilines is 1. The van der Waals surface area contributed by atoms with Crippen molar-refractivity contribution in [2.24, 2.45) is 0 Å². The summed E-state index contributed by atoms with van der Waals surface area (Å²) in [5.41, 5.74) is 4.99. The molecule has 0 saturated carbocycles. The van der Waals surface area contributed by atoms with Gasteiger partial charge in [-0.05, 0) is 37.0 Å². The number of hydrogen-bond donors (Lipinski definition) is 1. The fraction of sp³-hybridized carbons (Fsp3) is 0.400. The smallest absolute Gasteiger partial charge is 0.125 e. The predicted octanol–water partition coefficient (Wildman–Crippen LogP) is 4.59. The van der Waals surface area contributed by atoms with Crippen molar-refractivity contribution in [2.75, 3.05) is 12.4 Å². The second-order valence-corrected chi connectivity index (χ2v) is 5.91. The number of benzene rings is 1. The van der Waals surface area contributed by atoms with Crippen molar-refractivity contribution in [1.29, 1.82) is 0 Å². The van der Waals surface area contributed by atoms with E-state index >= 15 is 0 Å². The first-order valence-corrected chi connectivity index (χ1v) is 7.10. The van der Waals surface area contributed by atoms with Crippen LogP contribution < -0.4 is 5.32 Å². The third-order valence-electron chi connectivity index (χ3n) is 3.18. The summed E-state index contributed by atoms with van der Waals surface area (Å²) in [7, 11) is 1.95. The van der Waals surface area contributed by atoms with Gasteiger partial charge in [-0.1, -0.05) is 37.3 Å². The average molecular weight is 260 g/mol. The van der Waals surface area contributed by atoms with Crippen LogP contribution in [0.4, 0.5) is 5.00 Å². The second kappa shape index (κ2) is 5.11. The van der Waals surface area contributed by atoms with Gasteiger partial charge in [0, 0.05) is 12.6 Å². The standard InChI is InChI=1S/C15H20N2S/c1-9(2)12-7-6-10(3)13(8-12)15-17-11(4)14(16-5)18-15/h6-9,16H,1-5H3. The molecule has 0 aliphatic carbocycles. The maximum atomic E-state index is 4.67. The lowest BCUT2D eigenvalue weighted by molar-refractivity contribution is 0.866. The molecule has 2 aromatic rings. The van der Waals surface area contributed by atoms with Crippen LogP contribution in [0.5, 0.6) is 0 Å². The molecule has 0 radical (unpaired) electrons. The van der Waals surface area contributed by atoms with E-state index in [9.17, 15) is 0 Å². The predicted molar refractivity (Wildman–Crippen MR) is 80.7 cm³/mol. The number of nitrogens with zero attached hydrogens (tertiary/aromatic N) is 1. The van der Waals surface area contributed by atoms with Gasteiger partial charge in [-0.25, -0.2) is 4.98 Å². The highest BCUT2D eigenvalue weighted by atomic mass is 32.1. The molecule has 0 atom stereocenters. The normalized spacial score (nSPS) is 11.0. The number of nitrogens with one attached hydrogen (secondary N) is 1. The Morgan fingerprint density at radius 1 is 1.22 bits per heavy atom. The fourth-order valence-corrected chi connectivity index (χ4v) is 2.97. The van der Waals surface area contributed by atoms with E-state index < -0.39 is 0 Å². The summed E-state index contributed by atoms with van der Waals surface area (Å²) in [6.07, 6.45) is 0. The van der Waals surface area contributed by atoms with Gasteiger partial charge in [0.05, 0.1) is 5.69 Å². The molecule has 0 bridgehead atoms. The molecule has 0 amide bonds. The lowest BCUT2D eigenvalue weighted by atomic mass is 9.98. The molecule has 1 N–H and O–H groups in total. The minimum atomic E-state index is 0.550. The summed E-state index contributed by atoms with van der Waals surface area (Å²) in [5.74, 6) is 0.550. The number of rotatable bonds is 3. The van der Waals surface area contributed by atoms with Gasteiger partial charge in [-0.2, -0.15) is 0 Å². The quantitative estimate of drug-likeness (QED) is 0.873. The summed E-state index contributed by atoms with van der Waals surface area (Å²) in [5, 5.41) is 5.46. The fourth-order valence-electron chi connectivity index (χ4n) is 1.97. The van der Waals surface area contributed by atoms with Crippen molar-refractivity contribution in [3.8, 4) is 10.6 Å². The maximum absolute atomic E-state index is 4.67. The van der Waals surface area contributed by atoms with Gasteiger partial charge in [0.15, 0.2) is 0 Å². The number of hydrogen-bond acceptors (Lipinski definition) is 3. The van der Waals surface area contributed by atoms with E-state index in [0.717, 1.165) is 15.7 Å². The highest BCUT2D eigenvalue weighted by Crippen LogP contribution is 2.34. The lowest BCUT2D eigenvalue weighted by Gasteiger charge is -2.09. The van der Waals surface area contributed by atoms with Crippen LogP contribution in [0.3, 0.4) is 0 Å². The SMILES string of the molecule is CNc1sc(-c2cc(C(C)C)ccc2C)nc1C. The third-order valence-corrected chi connectivity index (χ3v) is 4.39. The van der Waals surface area contributed by atoms with Gasteiger partial charge in [0.1, 0.15) is 10.0 Å². The van der Waals surface area contributed by atoms with E-state index in [1.54, 1.807) is 11.3 Å². The Hall–Kier alpha value is -1.35. The van der Waals surface area contributed by atoms with Gasteiger partial charge in [0.25, 0.3) is 0 Å². The molecule has 0 unspecified atom stereocenters. The molecule has 3 heteroatoms. The zero-order valence-electron chi connectivity index (χ0n) is 11.7. The highest BCUT2D eigenvalue weighted by Gasteiger charge is 2.11. The van der Waals surface area contributed by atoms with E-state index in [0.29, 0.717) is 5.92 Å². The summed E-state index contributed by atoms with van der Waals surface area (Å²) < 4.78 is 0. The van der Waals surface area contributed by atoms with Crippen molar-refractivity contribution in [1.82, 2.24) is 4.98 Å². The van der Waals surface area contributed by atoms with Gasteiger partial charge in [-0.3, -0.25) is 0 Å². The monoisotopic (exact) mass is 260 g/mol. The Morgan fingerprint density at radius 2 is 1.94 bits per heavy atom. The Morgan fingerprint density at radius 3 is 2.50 bits per heavy atom. The largest absolute Gasteiger partial charge is 0.378 e. The molecule has 0 aliphatic heterocycles. The minimum Gasteiger partial charge on any atom is -0.378 e. The molecule has 96 valence electrons. The molecule has 2 nitrogen and oxygen atoms in total. The van der Waals surface area contributed by atoms with Crippen LogP contribution in [0.15, 0.2) is 18.2 Å². The topological polar surface area (TPSA) is 24.9 Å². The number of aryl methyl sites for hydroxylation is 2. The molecule has 0 aliphatic rings. The van der Waals surface area contributed by atoms with Crippen LogP contribution in [-0.2, 0) is 0 Å². The Balaban J connectivity index is 2.51. The van der Waals surface area contributed by atoms with Crippen molar-refractivity contribution in [3.05, 3.63) is 35.0 Å². The molecular weight excluding hydrogens is 240 g/mol. The minimum absolute atomic E-state index is 0.550. The van der Waals surface area contributed by atoms with Crippen molar-refractivity contribution < 1.29 is 0 Å². The highest BCUT2D eigenvalue weighted by molar-refractivity contribution is 7.19. The van der Waals surface area contributed by atoms with Crippen molar-refractivity contribution >= 4 is 16.3 Å². The van der Waals surface area contributed by atoms with E-state index in [2.05, 4.69) is 49.3 Å². The number of aromatic nitrogens is 1. The molecule has 18 heavy (non-hydrogen) atoms. The molecule has 0 fully saturated rings.